The summed E-state index contributed by atoms with van der Waals surface area (Å²) in [7, 11) is -0.615. The summed E-state index contributed by atoms with van der Waals surface area (Å²) in [6, 6.07) is 0. The molecule has 0 aliphatic rings. The Bertz CT molecular complexity index is 115. The third-order valence-electron chi connectivity index (χ3n) is 1.47. The zero-order valence-corrected chi connectivity index (χ0v) is 8.54. The highest BCUT2D eigenvalue weighted by Gasteiger charge is 2.02. The summed E-state index contributed by atoms with van der Waals surface area (Å²) in [5, 5.41) is 3.52. The van der Waals surface area contributed by atoms with Crippen LogP contribution in [0, 0.1) is 0 Å². The van der Waals surface area contributed by atoms with Gasteiger partial charge < -0.3 is 5.32 Å². The van der Waals surface area contributed by atoms with Crippen molar-refractivity contribution in [2.45, 2.75) is 32.4 Å². The largest absolute Gasteiger partial charge is 0.317 e. The van der Waals surface area contributed by atoms with Crippen LogP contribution >= 0.6 is 0 Å². The molecule has 68 valence electrons. The monoisotopic (exact) mass is 177 g/mol. The van der Waals surface area contributed by atoms with Gasteiger partial charge in [-0.25, -0.2) is 0 Å². The predicted octanol–water partition coefficient (Wildman–Crippen LogP) is 1.14. The topological polar surface area (TPSA) is 29.1 Å². The van der Waals surface area contributed by atoms with E-state index in [9.17, 15) is 4.21 Å². The molecule has 0 aromatic heterocycles. The van der Waals surface area contributed by atoms with Gasteiger partial charge in [-0.3, -0.25) is 4.21 Å². The van der Waals surface area contributed by atoms with Crippen LogP contribution in [0.5, 0.6) is 0 Å². The molecule has 2 nitrogen and oxygen atoms in total. The molecule has 1 N–H and O–H groups in total. The maximum Gasteiger partial charge on any atom is 0.0291 e. The van der Waals surface area contributed by atoms with E-state index in [1.54, 1.807) is 0 Å². The first-order valence-electron chi connectivity index (χ1n) is 4.26. The van der Waals surface area contributed by atoms with Gasteiger partial charge in [0.15, 0.2) is 0 Å². The van der Waals surface area contributed by atoms with Crippen LogP contribution < -0.4 is 5.32 Å². The Morgan fingerprint density at radius 1 is 1.45 bits per heavy atom. The molecule has 0 rings (SSSR count). The van der Waals surface area contributed by atoms with Gasteiger partial charge in [0, 0.05) is 21.8 Å². The van der Waals surface area contributed by atoms with E-state index in [2.05, 4.69) is 12.2 Å². The standard InChI is InChI=1S/C8H19NOS/c1-4-9-6-5-7-11(10)8(2)3/h8-9H,4-7H2,1-3H3. The fourth-order valence-corrected chi connectivity index (χ4v) is 1.65. The zero-order chi connectivity index (χ0) is 8.69. The highest BCUT2D eigenvalue weighted by atomic mass is 32.2. The van der Waals surface area contributed by atoms with Gasteiger partial charge in [0.1, 0.15) is 0 Å². The quantitative estimate of drug-likeness (QED) is 0.617. The summed E-state index contributed by atoms with van der Waals surface area (Å²) in [5.41, 5.74) is 0. The van der Waals surface area contributed by atoms with Crippen LogP contribution in [0.4, 0.5) is 0 Å². The molecule has 0 spiro atoms. The van der Waals surface area contributed by atoms with Gasteiger partial charge in [0.05, 0.1) is 0 Å². The third-order valence-corrected chi connectivity index (χ3v) is 3.22. The Balaban J connectivity index is 3.18. The van der Waals surface area contributed by atoms with Gasteiger partial charge in [-0.15, -0.1) is 0 Å². The van der Waals surface area contributed by atoms with Crippen molar-refractivity contribution in [3.8, 4) is 0 Å². The summed E-state index contributed by atoms with van der Waals surface area (Å²) in [6.07, 6.45) is 1.03. The molecule has 0 saturated heterocycles. The maximum absolute atomic E-state index is 11.2. The smallest absolute Gasteiger partial charge is 0.0291 e. The fourth-order valence-electron chi connectivity index (χ4n) is 0.752. The summed E-state index contributed by atoms with van der Waals surface area (Å²) < 4.78 is 11.2. The van der Waals surface area contributed by atoms with Gasteiger partial charge in [0.2, 0.25) is 0 Å². The van der Waals surface area contributed by atoms with Crippen LogP contribution in [0.15, 0.2) is 0 Å². The number of rotatable bonds is 6. The van der Waals surface area contributed by atoms with E-state index < -0.39 is 10.8 Å². The summed E-state index contributed by atoms with van der Waals surface area (Å²) in [6.45, 7) is 8.09. The molecule has 3 heteroatoms. The average Bonchev–Trinajstić information content (AvgIpc) is 1.97. The van der Waals surface area contributed by atoms with E-state index in [0.717, 1.165) is 25.3 Å². The first-order chi connectivity index (χ1) is 5.18. The van der Waals surface area contributed by atoms with Crippen molar-refractivity contribution in [2.24, 2.45) is 0 Å². The molecule has 0 radical (unpaired) electrons. The number of hydrogen-bond acceptors (Lipinski definition) is 2. The normalized spacial score (nSPS) is 13.8. The Kier molecular flexibility index (Phi) is 6.87. The fraction of sp³-hybridized carbons (Fsp3) is 1.00. The lowest BCUT2D eigenvalue weighted by molar-refractivity contribution is 0.664. The second kappa shape index (κ2) is 6.80. The first kappa shape index (κ1) is 11.1. The Hall–Kier alpha value is 0.110. The lowest BCUT2D eigenvalue weighted by Gasteiger charge is -2.04. The van der Waals surface area contributed by atoms with Crippen LogP contribution in [-0.4, -0.2) is 28.3 Å². The molecular weight excluding hydrogens is 158 g/mol. The van der Waals surface area contributed by atoms with Crippen LogP contribution in [-0.2, 0) is 10.8 Å². The molecular formula is C8H19NOS. The van der Waals surface area contributed by atoms with Gasteiger partial charge >= 0.3 is 0 Å². The summed E-state index contributed by atoms with van der Waals surface area (Å²) >= 11 is 0. The van der Waals surface area contributed by atoms with Gasteiger partial charge in [-0.05, 0) is 19.5 Å². The second-order valence-electron chi connectivity index (χ2n) is 2.84. The first-order valence-corrected chi connectivity index (χ1v) is 5.64. The van der Waals surface area contributed by atoms with Crippen molar-refractivity contribution in [3.05, 3.63) is 0 Å². The minimum absolute atomic E-state index is 0.316. The number of hydrogen-bond donors (Lipinski definition) is 1. The molecule has 0 amide bonds. The van der Waals surface area contributed by atoms with E-state index in [1.807, 2.05) is 13.8 Å². The van der Waals surface area contributed by atoms with Crippen molar-refractivity contribution >= 4 is 10.8 Å². The van der Waals surface area contributed by atoms with E-state index in [0.29, 0.717) is 5.25 Å². The van der Waals surface area contributed by atoms with Crippen molar-refractivity contribution in [3.63, 3.8) is 0 Å². The average molecular weight is 177 g/mol. The van der Waals surface area contributed by atoms with E-state index in [4.69, 9.17) is 0 Å². The summed E-state index contributed by atoms with van der Waals surface area (Å²) in [4.78, 5) is 0. The van der Waals surface area contributed by atoms with E-state index in [1.165, 1.54) is 0 Å². The highest BCUT2D eigenvalue weighted by molar-refractivity contribution is 7.85. The maximum atomic E-state index is 11.2. The van der Waals surface area contributed by atoms with Crippen molar-refractivity contribution in [1.29, 1.82) is 0 Å². The van der Waals surface area contributed by atoms with Gasteiger partial charge in [0.25, 0.3) is 0 Å². The lowest BCUT2D eigenvalue weighted by Crippen LogP contribution is -2.18. The van der Waals surface area contributed by atoms with E-state index in [-0.39, 0.29) is 0 Å². The molecule has 1 unspecified atom stereocenters. The minimum Gasteiger partial charge on any atom is -0.317 e. The molecule has 0 aromatic carbocycles. The Labute approximate surface area is 72.2 Å². The molecule has 0 fully saturated rings. The highest BCUT2D eigenvalue weighted by Crippen LogP contribution is 1.95. The van der Waals surface area contributed by atoms with Crippen LogP contribution in [0.3, 0.4) is 0 Å². The second-order valence-corrected chi connectivity index (χ2v) is 4.95. The van der Waals surface area contributed by atoms with Crippen molar-refractivity contribution in [1.82, 2.24) is 5.32 Å². The minimum atomic E-state index is -0.615. The van der Waals surface area contributed by atoms with Crippen LogP contribution in [0.1, 0.15) is 27.2 Å². The molecule has 0 aliphatic heterocycles. The SMILES string of the molecule is CCNCCCS(=O)C(C)C. The summed E-state index contributed by atoms with van der Waals surface area (Å²) in [5.74, 6) is 0.838. The van der Waals surface area contributed by atoms with Crippen LogP contribution in [0.2, 0.25) is 0 Å². The molecule has 1 atom stereocenters. The Morgan fingerprint density at radius 3 is 2.55 bits per heavy atom. The molecule has 0 aromatic rings. The van der Waals surface area contributed by atoms with Crippen molar-refractivity contribution in [2.75, 3.05) is 18.8 Å². The molecule has 0 bridgehead atoms. The van der Waals surface area contributed by atoms with E-state index >= 15 is 0 Å². The molecule has 11 heavy (non-hydrogen) atoms. The predicted molar refractivity (Wildman–Crippen MR) is 51.3 cm³/mol. The third kappa shape index (κ3) is 6.51. The molecule has 0 aliphatic carbocycles. The van der Waals surface area contributed by atoms with Crippen LogP contribution in [0.25, 0.3) is 0 Å². The van der Waals surface area contributed by atoms with Gasteiger partial charge in [-0.2, -0.15) is 0 Å². The Morgan fingerprint density at radius 2 is 2.09 bits per heavy atom. The number of nitrogens with one attached hydrogen (secondary N) is 1. The lowest BCUT2D eigenvalue weighted by atomic mass is 10.5. The molecule has 0 heterocycles. The zero-order valence-electron chi connectivity index (χ0n) is 7.72. The van der Waals surface area contributed by atoms with Crippen molar-refractivity contribution < 1.29 is 4.21 Å². The van der Waals surface area contributed by atoms with Gasteiger partial charge in [-0.1, -0.05) is 20.8 Å². The molecule has 0 saturated carbocycles.